The van der Waals surface area contributed by atoms with E-state index in [4.69, 9.17) is 4.74 Å². The molecular formula is C24H40N4O3. The molecule has 1 aromatic rings. The lowest BCUT2D eigenvalue weighted by Crippen LogP contribution is -2.50. The first-order chi connectivity index (χ1) is 14.7. The molecule has 174 valence electrons. The van der Waals surface area contributed by atoms with Crippen LogP contribution < -0.4 is 5.32 Å². The van der Waals surface area contributed by atoms with Crippen LogP contribution in [0.3, 0.4) is 0 Å². The number of hydrogen-bond acceptors (Lipinski definition) is 5. The fourth-order valence-corrected chi connectivity index (χ4v) is 3.84. The summed E-state index contributed by atoms with van der Waals surface area (Å²) in [7, 11) is 0. The highest BCUT2D eigenvalue weighted by molar-refractivity contribution is 5.83. The summed E-state index contributed by atoms with van der Waals surface area (Å²) in [4.78, 5) is 31.4. The standard InChI is InChI=1S/C24H40N4O3/c1-6-27(7-2)21(20-12-9-8-10-13-20)22(29)25-14-11-15-26-16-18-28(19-17-26)23(30)31-24(3,4)5/h8-10,12-13,21H,6-7,11,14-19H2,1-5H3,(H,25,29). The molecule has 0 saturated carbocycles. The molecule has 2 rings (SSSR count). The van der Waals surface area contributed by atoms with Crippen molar-refractivity contribution in [2.24, 2.45) is 0 Å². The van der Waals surface area contributed by atoms with Gasteiger partial charge >= 0.3 is 6.09 Å². The maximum atomic E-state index is 13.0. The molecular weight excluding hydrogens is 392 g/mol. The van der Waals surface area contributed by atoms with E-state index in [2.05, 4.69) is 29.0 Å². The normalized spacial score (nSPS) is 16.3. The lowest BCUT2D eigenvalue weighted by molar-refractivity contribution is -0.126. The predicted octanol–water partition coefficient (Wildman–Crippen LogP) is 3.13. The molecule has 1 aliphatic heterocycles. The Bertz CT molecular complexity index is 678. The van der Waals surface area contributed by atoms with E-state index in [-0.39, 0.29) is 18.0 Å². The average Bonchev–Trinajstić information content (AvgIpc) is 2.74. The van der Waals surface area contributed by atoms with Crippen LogP contribution in [0, 0.1) is 0 Å². The monoisotopic (exact) mass is 432 g/mol. The van der Waals surface area contributed by atoms with Crippen molar-refractivity contribution in [1.29, 1.82) is 0 Å². The Hall–Kier alpha value is -2.12. The molecule has 7 heteroatoms. The first-order valence-corrected chi connectivity index (χ1v) is 11.5. The van der Waals surface area contributed by atoms with Crippen LogP contribution in [-0.4, -0.2) is 84.7 Å². The van der Waals surface area contributed by atoms with Crippen molar-refractivity contribution in [3.8, 4) is 0 Å². The minimum Gasteiger partial charge on any atom is -0.444 e. The minimum absolute atomic E-state index is 0.0599. The van der Waals surface area contributed by atoms with Crippen LogP contribution in [-0.2, 0) is 9.53 Å². The van der Waals surface area contributed by atoms with Crippen LogP contribution in [0.1, 0.15) is 52.6 Å². The largest absolute Gasteiger partial charge is 0.444 e. The van der Waals surface area contributed by atoms with Gasteiger partial charge in [0.05, 0.1) is 0 Å². The van der Waals surface area contributed by atoms with Crippen molar-refractivity contribution < 1.29 is 14.3 Å². The number of benzene rings is 1. The van der Waals surface area contributed by atoms with Crippen LogP contribution >= 0.6 is 0 Å². The van der Waals surface area contributed by atoms with Crippen LogP contribution in [0.2, 0.25) is 0 Å². The fourth-order valence-electron chi connectivity index (χ4n) is 3.84. The Balaban J connectivity index is 1.75. The second kappa shape index (κ2) is 12.1. The highest BCUT2D eigenvalue weighted by atomic mass is 16.6. The fraction of sp³-hybridized carbons (Fsp3) is 0.667. The third-order valence-corrected chi connectivity index (χ3v) is 5.52. The zero-order chi connectivity index (χ0) is 22.9. The average molecular weight is 433 g/mol. The van der Waals surface area contributed by atoms with E-state index < -0.39 is 5.60 Å². The maximum absolute atomic E-state index is 13.0. The molecule has 1 atom stereocenters. The predicted molar refractivity (Wildman–Crippen MR) is 124 cm³/mol. The molecule has 1 unspecified atom stereocenters. The topological polar surface area (TPSA) is 65.1 Å². The Morgan fingerprint density at radius 2 is 1.68 bits per heavy atom. The van der Waals surface area contributed by atoms with Crippen molar-refractivity contribution in [2.75, 3.05) is 52.4 Å². The van der Waals surface area contributed by atoms with Crippen molar-refractivity contribution in [3.05, 3.63) is 35.9 Å². The smallest absolute Gasteiger partial charge is 0.410 e. The summed E-state index contributed by atoms with van der Waals surface area (Å²) in [5.74, 6) is 0.0599. The van der Waals surface area contributed by atoms with Gasteiger partial charge in [-0.05, 0) is 52.4 Å². The van der Waals surface area contributed by atoms with Gasteiger partial charge in [0.25, 0.3) is 0 Å². The van der Waals surface area contributed by atoms with Crippen molar-refractivity contribution in [3.63, 3.8) is 0 Å². The van der Waals surface area contributed by atoms with E-state index >= 15 is 0 Å². The quantitative estimate of drug-likeness (QED) is 0.608. The number of rotatable bonds is 9. The van der Waals surface area contributed by atoms with Gasteiger partial charge in [-0.1, -0.05) is 44.2 Å². The molecule has 0 bridgehead atoms. The molecule has 7 nitrogen and oxygen atoms in total. The molecule has 1 aromatic carbocycles. The molecule has 1 heterocycles. The molecule has 1 saturated heterocycles. The zero-order valence-corrected chi connectivity index (χ0v) is 19.9. The number of ether oxygens (including phenoxy) is 1. The molecule has 0 spiro atoms. The third kappa shape index (κ3) is 8.15. The first kappa shape index (κ1) is 25.1. The van der Waals surface area contributed by atoms with Gasteiger partial charge in [-0.3, -0.25) is 14.6 Å². The molecule has 1 fully saturated rings. The summed E-state index contributed by atoms with van der Waals surface area (Å²) < 4.78 is 5.45. The summed E-state index contributed by atoms with van der Waals surface area (Å²) in [6.45, 7) is 16.1. The number of nitrogens with one attached hydrogen (secondary N) is 1. The summed E-state index contributed by atoms with van der Waals surface area (Å²) in [6, 6.07) is 9.72. The molecule has 0 aliphatic carbocycles. The second-order valence-electron chi connectivity index (χ2n) is 8.99. The van der Waals surface area contributed by atoms with E-state index in [0.29, 0.717) is 19.6 Å². The van der Waals surface area contributed by atoms with Gasteiger partial charge in [0, 0.05) is 32.7 Å². The van der Waals surface area contributed by atoms with Gasteiger partial charge in [0.1, 0.15) is 11.6 Å². The van der Waals surface area contributed by atoms with E-state index in [1.165, 1.54) is 0 Å². The van der Waals surface area contributed by atoms with Gasteiger partial charge in [0.2, 0.25) is 5.91 Å². The van der Waals surface area contributed by atoms with Crippen molar-refractivity contribution in [2.45, 2.75) is 52.7 Å². The molecule has 0 radical (unpaired) electrons. The highest BCUT2D eigenvalue weighted by Crippen LogP contribution is 2.20. The van der Waals surface area contributed by atoms with Crippen LogP contribution in [0.4, 0.5) is 4.79 Å². The van der Waals surface area contributed by atoms with Gasteiger partial charge < -0.3 is 15.0 Å². The first-order valence-electron chi connectivity index (χ1n) is 11.5. The number of carbonyl (C=O) groups is 2. The second-order valence-corrected chi connectivity index (χ2v) is 8.99. The lowest BCUT2D eigenvalue weighted by Gasteiger charge is -2.35. The van der Waals surface area contributed by atoms with Gasteiger partial charge in [-0.15, -0.1) is 0 Å². The molecule has 1 N–H and O–H groups in total. The SMILES string of the molecule is CCN(CC)C(C(=O)NCCCN1CCN(C(=O)OC(C)(C)C)CC1)c1ccccc1. The molecule has 1 aliphatic rings. The van der Waals surface area contributed by atoms with Crippen LogP contribution in [0.15, 0.2) is 30.3 Å². The number of nitrogens with zero attached hydrogens (tertiary/aromatic N) is 3. The van der Waals surface area contributed by atoms with Crippen LogP contribution in [0.25, 0.3) is 0 Å². The Morgan fingerprint density at radius 3 is 2.23 bits per heavy atom. The minimum atomic E-state index is -0.463. The Kier molecular flexibility index (Phi) is 9.78. The van der Waals surface area contributed by atoms with Crippen molar-refractivity contribution in [1.82, 2.24) is 20.0 Å². The molecule has 0 aromatic heterocycles. The van der Waals surface area contributed by atoms with E-state index in [1.54, 1.807) is 4.90 Å². The van der Waals surface area contributed by atoms with E-state index in [0.717, 1.165) is 44.7 Å². The van der Waals surface area contributed by atoms with Gasteiger partial charge in [-0.2, -0.15) is 0 Å². The number of amides is 2. The summed E-state index contributed by atoms with van der Waals surface area (Å²) in [5.41, 5.74) is 0.566. The van der Waals surface area contributed by atoms with E-state index in [9.17, 15) is 9.59 Å². The summed E-state index contributed by atoms with van der Waals surface area (Å²) in [6.07, 6.45) is 0.653. The number of carbonyl (C=O) groups excluding carboxylic acids is 2. The molecule has 31 heavy (non-hydrogen) atoms. The number of hydrogen-bond donors (Lipinski definition) is 1. The zero-order valence-electron chi connectivity index (χ0n) is 19.9. The maximum Gasteiger partial charge on any atom is 0.410 e. The van der Waals surface area contributed by atoms with E-state index in [1.807, 2.05) is 51.1 Å². The van der Waals surface area contributed by atoms with Crippen LogP contribution in [0.5, 0.6) is 0 Å². The third-order valence-electron chi connectivity index (χ3n) is 5.52. The van der Waals surface area contributed by atoms with Gasteiger partial charge in [-0.25, -0.2) is 4.79 Å². The number of likely N-dealkylation sites (N-methyl/N-ethyl adjacent to an activating group) is 1. The Morgan fingerprint density at radius 1 is 1.06 bits per heavy atom. The summed E-state index contributed by atoms with van der Waals surface area (Å²) in [5, 5.41) is 3.13. The highest BCUT2D eigenvalue weighted by Gasteiger charge is 2.27. The lowest BCUT2D eigenvalue weighted by atomic mass is 10.0. The van der Waals surface area contributed by atoms with Crippen molar-refractivity contribution >= 4 is 12.0 Å². The molecule has 2 amide bonds. The number of piperazine rings is 1. The van der Waals surface area contributed by atoms with Gasteiger partial charge in [0.15, 0.2) is 0 Å². The summed E-state index contributed by atoms with van der Waals surface area (Å²) >= 11 is 0. The Labute approximate surface area is 187 Å².